The number of hydrogen-bond acceptors (Lipinski definition) is 4. The number of benzene rings is 1. The second-order valence-corrected chi connectivity index (χ2v) is 9.45. The van der Waals surface area contributed by atoms with Crippen LogP contribution in [0.5, 0.6) is 0 Å². The quantitative estimate of drug-likeness (QED) is 0.777. The molecule has 4 atom stereocenters. The van der Waals surface area contributed by atoms with Gasteiger partial charge in [-0.2, -0.15) is 0 Å². The lowest BCUT2D eigenvalue weighted by Gasteiger charge is -2.60. The van der Waals surface area contributed by atoms with E-state index in [2.05, 4.69) is 5.32 Å². The maximum atomic E-state index is 12.4. The van der Waals surface area contributed by atoms with Gasteiger partial charge in [-0.3, -0.25) is 9.59 Å². The molecule has 2 N–H and O–H groups in total. The first-order valence-electron chi connectivity index (χ1n) is 9.99. The van der Waals surface area contributed by atoms with Crippen molar-refractivity contribution < 1.29 is 19.4 Å². The van der Waals surface area contributed by atoms with Gasteiger partial charge in [-0.15, -0.1) is 0 Å². The molecule has 4 saturated carbocycles. The van der Waals surface area contributed by atoms with Crippen molar-refractivity contribution in [2.45, 2.75) is 64.4 Å². The Morgan fingerprint density at radius 1 is 1.11 bits per heavy atom. The van der Waals surface area contributed by atoms with E-state index < -0.39 is 5.60 Å². The van der Waals surface area contributed by atoms with E-state index in [4.69, 9.17) is 4.74 Å². The number of aryl methyl sites for hydroxylation is 2. The third-order valence-corrected chi connectivity index (χ3v) is 6.54. The van der Waals surface area contributed by atoms with Gasteiger partial charge in [-0.1, -0.05) is 6.07 Å². The first-order chi connectivity index (χ1) is 12.7. The Balaban J connectivity index is 1.30. The van der Waals surface area contributed by atoms with Gasteiger partial charge in [0.15, 0.2) is 6.61 Å². The molecule has 4 aliphatic carbocycles. The molecular formula is C22H29NO4. The highest BCUT2D eigenvalue weighted by Crippen LogP contribution is 2.62. The molecule has 0 aromatic heterocycles. The Bertz CT molecular complexity index is 737. The summed E-state index contributed by atoms with van der Waals surface area (Å²) in [5.74, 6) is 0.433. The molecule has 27 heavy (non-hydrogen) atoms. The standard InChI is InChI=1S/C22H29NO4/c1-14-3-15(2)5-18(4-14)23-19(24)12-27-20(25)11-21-7-16-6-17(8-21)10-22(26,9-16)13-21/h3-5,16-17,26H,6-13H2,1-2H3,(H,23,24)/t16-,17+,21?,22?. The van der Waals surface area contributed by atoms with Gasteiger partial charge in [0.1, 0.15) is 0 Å². The van der Waals surface area contributed by atoms with E-state index in [9.17, 15) is 14.7 Å². The highest BCUT2D eigenvalue weighted by molar-refractivity contribution is 5.93. The topological polar surface area (TPSA) is 75.6 Å². The second kappa shape index (κ2) is 6.62. The third-order valence-electron chi connectivity index (χ3n) is 6.54. The summed E-state index contributed by atoms with van der Waals surface area (Å²) in [5.41, 5.74) is 2.16. The molecule has 5 nitrogen and oxygen atoms in total. The Kier molecular flexibility index (Phi) is 4.53. The fourth-order valence-corrected chi connectivity index (χ4v) is 6.36. The van der Waals surface area contributed by atoms with E-state index in [0.29, 0.717) is 24.7 Å². The van der Waals surface area contributed by atoms with Crippen molar-refractivity contribution in [1.82, 2.24) is 0 Å². The second-order valence-electron chi connectivity index (χ2n) is 9.45. The smallest absolute Gasteiger partial charge is 0.306 e. The van der Waals surface area contributed by atoms with Gasteiger partial charge in [0.25, 0.3) is 5.91 Å². The SMILES string of the molecule is Cc1cc(C)cc(NC(=O)COC(=O)CC23C[C@@H]4C[C@@H](CC(O)(C4)C2)C3)c1. The summed E-state index contributed by atoms with van der Waals surface area (Å²) >= 11 is 0. The summed E-state index contributed by atoms with van der Waals surface area (Å²) in [6.07, 6.45) is 6.01. The Labute approximate surface area is 160 Å². The summed E-state index contributed by atoms with van der Waals surface area (Å²) in [4.78, 5) is 24.5. The molecule has 0 radical (unpaired) electrons. The van der Waals surface area contributed by atoms with Crippen molar-refractivity contribution in [2.75, 3.05) is 11.9 Å². The number of aliphatic hydroxyl groups is 1. The van der Waals surface area contributed by atoms with Crippen LogP contribution < -0.4 is 5.32 Å². The van der Waals surface area contributed by atoms with Crippen molar-refractivity contribution in [2.24, 2.45) is 17.3 Å². The lowest BCUT2D eigenvalue weighted by Crippen LogP contribution is -2.56. The van der Waals surface area contributed by atoms with Crippen LogP contribution in [0.15, 0.2) is 18.2 Å². The first kappa shape index (κ1) is 18.5. The monoisotopic (exact) mass is 371 g/mol. The third kappa shape index (κ3) is 4.03. The van der Waals surface area contributed by atoms with Crippen LogP contribution in [0.25, 0.3) is 0 Å². The normalized spacial score (nSPS) is 33.7. The van der Waals surface area contributed by atoms with E-state index in [1.165, 1.54) is 6.42 Å². The zero-order chi connectivity index (χ0) is 19.2. The maximum absolute atomic E-state index is 12.4. The van der Waals surface area contributed by atoms with Crippen LogP contribution >= 0.6 is 0 Å². The van der Waals surface area contributed by atoms with Crippen LogP contribution in [0.3, 0.4) is 0 Å². The summed E-state index contributed by atoms with van der Waals surface area (Å²) < 4.78 is 5.28. The maximum Gasteiger partial charge on any atom is 0.306 e. The molecule has 1 aromatic carbocycles. The lowest BCUT2D eigenvalue weighted by atomic mass is 9.47. The molecule has 2 unspecified atom stereocenters. The van der Waals surface area contributed by atoms with Crippen molar-refractivity contribution >= 4 is 17.6 Å². The van der Waals surface area contributed by atoms with Crippen LogP contribution in [-0.2, 0) is 14.3 Å². The highest BCUT2D eigenvalue weighted by Gasteiger charge is 2.57. The van der Waals surface area contributed by atoms with Gasteiger partial charge in [0, 0.05) is 5.69 Å². The molecular weight excluding hydrogens is 342 g/mol. The predicted molar refractivity (Wildman–Crippen MR) is 102 cm³/mol. The highest BCUT2D eigenvalue weighted by atomic mass is 16.5. The molecule has 4 bridgehead atoms. The van der Waals surface area contributed by atoms with Crippen LogP contribution in [0, 0.1) is 31.1 Å². The zero-order valence-electron chi connectivity index (χ0n) is 16.2. The Hall–Kier alpha value is -1.88. The van der Waals surface area contributed by atoms with E-state index in [1.807, 2.05) is 32.0 Å². The molecule has 4 fully saturated rings. The minimum Gasteiger partial charge on any atom is -0.456 e. The predicted octanol–water partition coefficient (Wildman–Crippen LogP) is 3.51. The molecule has 0 saturated heterocycles. The number of nitrogens with one attached hydrogen (secondary N) is 1. The molecule has 5 heteroatoms. The Morgan fingerprint density at radius 2 is 1.74 bits per heavy atom. The Morgan fingerprint density at radius 3 is 2.33 bits per heavy atom. The van der Waals surface area contributed by atoms with Crippen LogP contribution in [0.2, 0.25) is 0 Å². The first-order valence-corrected chi connectivity index (χ1v) is 9.99. The summed E-state index contributed by atoms with van der Waals surface area (Å²) in [5, 5.41) is 13.6. The average Bonchev–Trinajstić information content (AvgIpc) is 2.49. The van der Waals surface area contributed by atoms with Gasteiger partial charge in [0.05, 0.1) is 12.0 Å². The number of carbonyl (C=O) groups is 2. The van der Waals surface area contributed by atoms with Gasteiger partial charge in [-0.05, 0) is 92.9 Å². The number of ether oxygens (including phenoxy) is 1. The fourth-order valence-electron chi connectivity index (χ4n) is 6.36. The number of carbonyl (C=O) groups excluding carboxylic acids is 2. The largest absolute Gasteiger partial charge is 0.456 e. The lowest BCUT2D eigenvalue weighted by molar-refractivity contribution is -0.177. The molecule has 5 rings (SSSR count). The minimum atomic E-state index is -0.579. The molecule has 0 spiro atoms. The summed E-state index contributed by atoms with van der Waals surface area (Å²) in [6.45, 7) is 3.68. The van der Waals surface area contributed by atoms with Gasteiger partial charge in [0.2, 0.25) is 0 Å². The van der Waals surface area contributed by atoms with Crippen LogP contribution in [0.1, 0.15) is 56.1 Å². The van der Waals surface area contributed by atoms with Crippen molar-refractivity contribution in [3.8, 4) is 0 Å². The summed E-state index contributed by atoms with van der Waals surface area (Å²) in [7, 11) is 0. The van der Waals surface area contributed by atoms with Crippen molar-refractivity contribution in [3.05, 3.63) is 29.3 Å². The van der Waals surface area contributed by atoms with Crippen LogP contribution in [-0.4, -0.2) is 29.2 Å². The molecule has 1 aromatic rings. The number of esters is 1. The van der Waals surface area contributed by atoms with Crippen molar-refractivity contribution in [1.29, 1.82) is 0 Å². The van der Waals surface area contributed by atoms with Crippen LogP contribution in [0.4, 0.5) is 5.69 Å². The van der Waals surface area contributed by atoms with E-state index >= 15 is 0 Å². The number of hydrogen-bond donors (Lipinski definition) is 2. The minimum absolute atomic E-state index is 0.125. The molecule has 4 aliphatic rings. The zero-order valence-corrected chi connectivity index (χ0v) is 16.2. The van der Waals surface area contributed by atoms with Gasteiger partial charge in [-0.25, -0.2) is 0 Å². The number of rotatable bonds is 5. The van der Waals surface area contributed by atoms with E-state index in [0.717, 1.165) is 42.5 Å². The average molecular weight is 371 g/mol. The van der Waals surface area contributed by atoms with E-state index in [1.54, 1.807) is 0 Å². The van der Waals surface area contributed by atoms with Crippen molar-refractivity contribution in [3.63, 3.8) is 0 Å². The molecule has 146 valence electrons. The fraction of sp³-hybridized carbons (Fsp3) is 0.636. The van der Waals surface area contributed by atoms with E-state index in [-0.39, 0.29) is 23.9 Å². The number of amides is 1. The van der Waals surface area contributed by atoms with Gasteiger partial charge < -0.3 is 15.2 Å². The molecule has 0 aliphatic heterocycles. The number of anilines is 1. The van der Waals surface area contributed by atoms with Gasteiger partial charge >= 0.3 is 5.97 Å². The molecule has 0 heterocycles. The molecule has 1 amide bonds. The summed E-state index contributed by atoms with van der Waals surface area (Å²) in [6, 6.07) is 5.82.